The Balaban J connectivity index is 1.31. The van der Waals surface area contributed by atoms with Crippen LogP contribution in [0.3, 0.4) is 0 Å². The van der Waals surface area contributed by atoms with Crippen LogP contribution in [0.15, 0.2) is 24.4 Å². The second kappa shape index (κ2) is 12.1. The van der Waals surface area contributed by atoms with Gasteiger partial charge in [-0.05, 0) is 81.5 Å². The van der Waals surface area contributed by atoms with Crippen molar-refractivity contribution in [1.82, 2.24) is 29.9 Å². The van der Waals surface area contributed by atoms with Crippen LogP contribution in [0.25, 0.3) is 11.1 Å². The van der Waals surface area contributed by atoms with Crippen LogP contribution in [0.1, 0.15) is 47.6 Å². The molecular formula is C30H42FN7O3Si. The number of ether oxygens (including phenoxy) is 1. The van der Waals surface area contributed by atoms with Gasteiger partial charge >= 0.3 is 0 Å². The number of nitrogens with zero attached hydrogens (tertiary/aromatic N) is 5. The molecule has 3 heterocycles. The lowest BCUT2D eigenvalue weighted by atomic mass is 9.88. The minimum Gasteiger partial charge on any atom is -0.360 e. The molecule has 1 atom stereocenters. The number of carbonyl (C=O) groups excluding carboxylic acids is 2. The summed E-state index contributed by atoms with van der Waals surface area (Å²) >= 11 is 0. The first-order chi connectivity index (χ1) is 19.9. The summed E-state index contributed by atoms with van der Waals surface area (Å²) in [4.78, 5) is 30.8. The maximum absolute atomic E-state index is 15.5. The zero-order valence-corrected chi connectivity index (χ0v) is 26.4. The summed E-state index contributed by atoms with van der Waals surface area (Å²) < 4.78 is 24.5. The van der Waals surface area contributed by atoms with Gasteiger partial charge < -0.3 is 15.4 Å². The van der Waals surface area contributed by atoms with E-state index in [-0.39, 0.29) is 23.6 Å². The Labute approximate surface area is 247 Å². The van der Waals surface area contributed by atoms with E-state index in [9.17, 15) is 9.59 Å². The van der Waals surface area contributed by atoms with Gasteiger partial charge in [0.15, 0.2) is 0 Å². The Bertz CT molecular complexity index is 1440. The van der Waals surface area contributed by atoms with Crippen molar-refractivity contribution >= 4 is 25.7 Å². The van der Waals surface area contributed by atoms with Crippen LogP contribution in [-0.2, 0) is 23.3 Å². The summed E-state index contributed by atoms with van der Waals surface area (Å²) in [5, 5.41) is 14.4. The maximum atomic E-state index is 15.5. The molecule has 2 aliphatic carbocycles. The average molecular weight is 596 g/mol. The van der Waals surface area contributed by atoms with Crippen molar-refractivity contribution < 1.29 is 18.7 Å². The molecule has 0 saturated heterocycles. The zero-order chi connectivity index (χ0) is 30.2. The molecule has 0 aliphatic heterocycles. The Morgan fingerprint density at radius 1 is 1.12 bits per heavy atom. The predicted molar refractivity (Wildman–Crippen MR) is 161 cm³/mol. The molecule has 0 spiro atoms. The molecule has 0 unspecified atom stereocenters. The van der Waals surface area contributed by atoms with Crippen LogP contribution in [0, 0.1) is 37.5 Å². The summed E-state index contributed by atoms with van der Waals surface area (Å²) in [6.07, 6.45) is 5.73. The third-order valence-corrected chi connectivity index (χ3v) is 10.0. The summed E-state index contributed by atoms with van der Waals surface area (Å²) in [6.45, 7) is 11.6. The number of rotatable bonds is 13. The molecule has 226 valence electrons. The van der Waals surface area contributed by atoms with E-state index in [2.05, 4.69) is 45.5 Å². The standard InChI is InChI=1S/C30H42FN7O3Si/c1-18-25(19(2)38(36-18)17-41-15-16-42(4,5)6)22-11-12-24(33-28(22)31)34-30(40)27(26(20-7-8-20)21-9-10-21)35-29(39)23-13-14-32-37(23)3/h11-14,20-21,26-27H,7-10,15-17H2,1-6H3,(H,35,39)(H,33,34,40)/t27-/m0/s1. The number of pyridine rings is 1. The van der Waals surface area contributed by atoms with Crippen LogP contribution in [-0.4, -0.2) is 57.1 Å². The second-order valence-corrected chi connectivity index (χ2v) is 18.6. The Morgan fingerprint density at radius 3 is 2.38 bits per heavy atom. The third kappa shape index (κ3) is 6.97. The third-order valence-electron chi connectivity index (χ3n) is 8.30. The van der Waals surface area contributed by atoms with Crippen molar-refractivity contribution in [3.05, 3.63) is 47.4 Å². The minimum absolute atomic E-state index is 0.0374. The van der Waals surface area contributed by atoms with Gasteiger partial charge in [0, 0.05) is 44.7 Å². The highest BCUT2D eigenvalue weighted by atomic mass is 28.3. The molecule has 3 aromatic heterocycles. The molecule has 2 aliphatic rings. The molecule has 2 fully saturated rings. The summed E-state index contributed by atoms with van der Waals surface area (Å²) in [7, 11) is 0.486. The summed E-state index contributed by atoms with van der Waals surface area (Å²) in [5.74, 6) is -0.509. The number of hydrogen-bond donors (Lipinski definition) is 2. The molecule has 42 heavy (non-hydrogen) atoms. The molecule has 0 aromatic carbocycles. The number of aromatic nitrogens is 5. The fourth-order valence-corrected chi connectivity index (χ4v) is 6.43. The first kappa shape index (κ1) is 30.1. The van der Waals surface area contributed by atoms with Crippen molar-refractivity contribution in [3.63, 3.8) is 0 Å². The van der Waals surface area contributed by atoms with Gasteiger partial charge in [0.25, 0.3) is 5.91 Å². The lowest BCUT2D eigenvalue weighted by Crippen LogP contribution is -2.50. The van der Waals surface area contributed by atoms with Gasteiger partial charge in [-0.3, -0.25) is 14.3 Å². The van der Waals surface area contributed by atoms with Crippen molar-refractivity contribution in [1.29, 1.82) is 0 Å². The van der Waals surface area contributed by atoms with Gasteiger partial charge in [-0.2, -0.15) is 14.6 Å². The molecule has 0 bridgehead atoms. The Morgan fingerprint density at radius 2 is 1.81 bits per heavy atom. The molecular weight excluding hydrogens is 553 g/mol. The van der Waals surface area contributed by atoms with E-state index in [0.29, 0.717) is 47.7 Å². The van der Waals surface area contributed by atoms with Gasteiger partial charge in [0.2, 0.25) is 11.9 Å². The van der Waals surface area contributed by atoms with E-state index in [1.54, 1.807) is 36.1 Å². The molecule has 12 heteroatoms. The largest absolute Gasteiger partial charge is 0.360 e. The van der Waals surface area contributed by atoms with Crippen molar-refractivity contribution in [2.75, 3.05) is 11.9 Å². The molecule has 3 aromatic rings. The fraction of sp³-hybridized carbons (Fsp3) is 0.567. The number of aryl methyl sites for hydroxylation is 2. The summed E-state index contributed by atoms with van der Waals surface area (Å²) in [6, 6.07) is 5.14. The minimum atomic E-state index is -1.20. The lowest BCUT2D eigenvalue weighted by Gasteiger charge is -2.27. The first-order valence-electron chi connectivity index (χ1n) is 14.8. The van der Waals surface area contributed by atoms with Gasteiger partial charge in [0.1, 0.15) is 24.3 Å². The number of anilines is 1. The maximum Gasteiger partial charge on any atom is 0.270 e. The number of halogens is 1. The number of hydrogen-bond acceptors (Lipinski definition) is 6. The van der Waals surface area contributed by atoms with Crippen LogP contribution in [0.4, 0.5) is 10.2 Å². The number of nitrogens with one attached hydrogen (secondary N) is 2. The second-order valence-electron chi connectivity index (χ2n) is 13.0. The van der Waals surface area contributed by atoms with E-state index in [0.717, 1.165) is 37.4 Å². The summed E-state index contributed by atoms with van der Waals surface area (Å²) in [5.41, 5.74) is 2.81. The molecule has 0 radical (unpaired) electrons. The predicted octanol–water partition coefficient (Wildman–Crippen LogP) is 4.92. The van der Waals surface area contributed by atoms with Crippen LogP contribution >= 0.6 is 0 Å². The van der Waals surface area contributed by atoms with Gasteiger partial charge in [-0.15, -0.1) is 0 Å². The van der Waals surface area contributed by atoms with Crippen molar-refractivity contribution in [3.8, 4) is 11.1 Å². The molecule has 5 rings (SSSR count). The molecule has 2 amide bonds. The monoisotopic (exact) mass is 595 g/mol. The zero-order valence-electron chi connectivity index (χ0n) is 25.4. The fourth-order valence-electron chi connectivity index (χ4n) is 5.68. The smallest absolute Gasteiger partial charge is 0.270 e. The van der Waals surface area contributed by atoms with E-state index in [1.165, 1.54) is 4.68 Å². The van der Waals surface area contributed by atoms with Gasteiger partial charge in [-0.1, -0.05) is 19.6 Å². The Kier molecular flexibility index (Phi) is 8.65. The van der Waals surface area contributed by atoms with Crippen LogP contribution in [0.2, 0.25) is 25.7 Å². The number of carbonyl (C=O) groups is 2. The van der Waals surface area contributed by atoms with E-state index in [1.807, 2.05) is 13.8 Å². The lowest BCUT2D eigenvalue weighted by molar-refractivity contribution is -0.119. The van der Waals surface area contributed by atoms with Crippen molar-refractivity contribution in [2.45, 2.75) is 78.0 Å². The first-order valence-corrected chi connectivity index (χ1v) is 18.5. The van der Waals surface area contributed by atoms with E-state index >= 15 is 4.39 Å². The quantitative estimate of drug-likeness (QED) is 0.165. The molecule has 10 nitrogen and oxygen atoms in total. The van der Waals surface area contributed by atoms with E-state index in [4.69, 9.17) is 4.74 Å². The average Bonchev–Trinajstić information content (AvgIpc) is 3.85. The molecule has 2 N–H and O–H groups in total. The van der Waals surface area contributed by atoms with Crippen LogP contribution < -0.4 is 10.6 Å². The highest BCUT2D eigenvalue weighted by Gasteiger charge is 2.48. The normalized spacial score (nSPS) is 16.1. The topological polar surface area (TPSA) is 116 Å². The highest BCUT2D eigenvalue weighted by Crippen LogP contribution is 2.51. The molecule has 2 saturated carbocycles. The van der Waals surface area contributed by atoms with Gasteiger partial charge in [0.05, 0.1) is 5.69 Å². The SMILES string of the molecule is Cc1nn(COCC[Si](C)(C)C)c(C)c1-c1ccc(NC(=O)[C@@H](NC(=O)c2ccnn2C)C(C2CC2)C2CC2)nc1F. The highest BCUT2D eigenvalue weighted by molar-refractivity contribution is 6.76. The van der Waals surface area contributed by atoms with Crippen molar-refractivity contribution in [2.24, 2.45) is 24.8 Å². The Hall–Kier alpha value is -3.38. The number of amides is 2. The van der Waals surface area contributed by atoms with E-state index < -0.39 is 20.1 Å². The van der Waals surface area contributed by atoms with Crippen LogP contribution in [0.5, 0.6) is 0 Å². The van der Waals surface area contributed by atoms with Gasteiger partial charge in [-0.25, -0.2) is 9.67 Å².